The molecule has 1 aromatic rings. The molecule has 32 heavy (non-hydrogen) atoms. The van der Waals surface area contributed by atoms with E-state index >= 15 is 0 Å². The zero-order valence-electron chi connectivity index (χ0n) is 19.3. The lowest BCUT2D eigenvalue weighted by Gasteiger charge is -2.49. The predicted molar refractivity (Wildman–Crippen MR) is 122 cm³/mol. The Bertz CT molecular complexity index is 922. The van der Waals surface area contributed by atoms with Crippen LogP contribution in [0.25, 0.3) is 0 Å². The summed E-state index contributed by atoms with van der Waals surface area (Å²) >= 11 is 0. The quantitative estimate of drug-likeness (QED) is 0.685. The molecular formula is C25H34N4O3. The van der Waals surface area contributed by atoms with Gasteiger partial charge in [-0.2, -0.15) is 0 Å². The van der Waals surface area contributed by atoms with Crippen LogP contribution in [0, 0.1) is 0 Å². The second-order valence-corrected chi connectivity index (χ2v) is 9.87. The smallest absolute Gasteiger partial charge is 0.257 e. The van der Waals surface area contributed by atoms with E-state index in [-0.39, 0.29) is 17.7 Å². The number of benzene rings is 1. The fraction of sp³-hybridized carbons (Fsp3) is 0.640. The average Bonchev–Trinajstić information content (AvgIpc) is 3.58. The molecule has 5 rings (SSSR count). The van der Waals surface area contributed by atoms with Crippen molar-refractivity contribution in [2.75, 3.05) is 31.1 Å². The van der Waals surface area contributed by atoms with Crippen molar-refractivity contribution in [1.82, 2.24) is 14.7 Å². The molecular weight excluding hydrogens is 404 g/mol. The summed E-state index contributed by atoms with van der Waals surface area (Å²) in [5.74, 6) is 0.135. The van der Waals surface area contributed by atoms with E-state index < -0.39 is 5.66 Å². The van der Waals surface area contributed by atoms with Gasteiger partial charge in [0.2, 0.25) is 11.8 Å². The third-order valence-electron chi connectivity index (χ3n) is 7.92. The Morgan fingerprint density at radius 2 is 1.78 bits per heavy atom. The highest BCUT2D eigenvalue weighted by atomic mass is 16.2. The Hall–Kier alpha value is -2.41. The number of para-hydroxylation sites is 1. The zero-order chi connectivity index (χ0) is 22.5. The number of fused-ring (bicyclic) bond motifs is 3. The lowest BCUT2D eigenvalue weighted by molar-refractivity contribution is -0.135. The third-order valence-corrected chi connectivity index (χ3v) is 7.92. The highest BCUT2D eigenvalue weighted by molar-refractivity contribution is 6.10. The van der Waals surface area contributed by atoms with Crippen molar-refractivity contribution in [3.05, 3.63) is 29.8 Å². The molecule has 4 aliphatic rings. The molecule has 0 aromatic heterocycles. The van der Waals surface area contributed by atoms with Gasteiger partial charge in [0.05, 0.1) is 11.3 Å². The fourth-order valence-corrected chi connectivity index (χ4v) is 5.95. The second kappa shape index (κ2) is 8.18. The van der Waals surface area contributed by atoms with Gasteiger partial charge in [0.25, 0.3) is 5.91 Å². The van der Waals surface area contributed by atoms with Gasteiger partial charge in [-0.25, -0.2) is 0 Å². The molecule has 0 N–H and O–H groups in total. The zero-order valence-corrected chi connectivity index (χ0v) is 19.3. The fourth-order valence-electron chi connectivity index (χ4n) is 5.95. The number of anilines is 1. The minimum atomic E-state index is -0.695. The summed E-state index contributed by atoms with van der Waals surface area (Å²) in [4.78, 5) is 47.8. The summed E-state index contributed by atoms with van der Waals surface area (Å²) in [5, 5.41) is 0. The topological polar surface area (TPSA) is 64.2 Å². The highest BCUT2D eigenvalue weighted by Crippen LogP contribution is 2.44. The molecule has 7 nitrogen and oxygen atoms in total. The molecule has 3 aliphatic heterocycles. The van der Waals surface area contributed by atoms with Crippen molar-refractivity contribution in [1.29, 1.82) is 0 Å². The van der Waals surface area contributed by atoms with E-state index in [1.165, 1.54) is 0 Å². The van der Waals surface area contributed by atoms with Crippen LogP contribution >= 0.6 is 0 Å². The maximum Gasteiger partial charge on any atom is 0.257 e. The van der Waals surface area contributed by atoms with Crippen LogP contribution in [-0.4, -0.2) is 76.3 Å². The van der Waals surface area contributed by atoms with E-state index in [1.807, 2.05) is 25.1 Å². The minimum Gasteiger partial charge on any atom is -0.337 e. The lowest BCUT2D eigenvalue weighted by Crippen LogP contribution is -2.62. The molecule has 1 unspecified atom stereocenters. The Labute approximate surface area is 190 Å². The van der Waals surface area contributed by atoms with Crippen molar-refractivity contribution in [3.63, 3.8) is 0 Å². The molecule has 0 radical (unpaired) electrons. The van der Waals surface area contributed by atoms with E-state index in [0.717, 1.165) is 45.3 Å². The van der Waals surface area contributed by atoms with Crippen LogP contribution in [-0.2, 0) is 9.59 Å². The van der Waals surface area contributed by atoms with Crippen LogP contribution < -0.4 is 4.90 Å². The van der Waals surface area contributed by atoms with Crippen LogP contribution in [0.3, 0.4) is 0 Å². The number of hydrogen-bond acceptors (Lipinski definition) is 4. The van der Waals surface area contributed by atoms with E-state index in [2.05, 4.69) is 16.7 Å². The molecule has 1 atom stereocenters. The molecule has 7 heteroatoms. The van der Waals surface area contributed by atoms with Crippen LogP contribution in [0.15, 0.2) is 24.3 Å². The number of carbonyl (C=O) groups excluding carboxylic acids is 3. The average molecular weight is 439 g/mol. The number of carbonyl (C=O) groups is 3. The van der Waals surface area contributed by atoms with E-state index in [9.17, 15) is 14.4 Å². The Kier molecular flexibility index (Phi) is 5.48. The normalized spacial score (nSPS) is 26.3. The highest BCUT2D eigenvalue weighted by Gasteiger charge is 2.53. The van der Waals surface area contributed by atoms with Crippen LogP contribution in [0.2, 0.25) is 0 Å². The van der Waals surface area contributed by atoms with Gasteiger partial charge in [-0.05, 0) is 57.7 Å². The first-order valence-electron chi connectivity index (χ1n) is 12.2. The van der Waals surface area contributed by atoms with E-state index in [4.69, 9.17) is 0 Å². The molecule has 172 valence electrons. The van der Waals surface area contributed by atoms with Gasteiger partial charge >= 0.3 is 0 Å². The van der Waals surface area contributed by atoms with Crippen molar-refractivity contribution < 1.29 is 14.4 Å². The largest absolute Gasteiger partial charge is 0.337 e. The number of piperidine rings is 1. The van der Waals surface area contributed by atoms with Crippen LogP contribution in [0.5, 0.6) is 0 Å². The van der Waals surface area contributed by atoms with Crippen molar-refractivity contribution in [2.24, 2.45) is 0 Å². The van der Waals surface area contributed by atoms with Gasteiger partial charge in [-0.3, -0.25) is 19.3 Å². The molecule has 0 spiro atoms. The SMILES string of the molecule is CCN1CCC(N(C(=O)CCN2C(=O)c3ccccc3N3C(=O)CCC23C)C2CC2)CC1. The third kappa shape index (κ3) is 3.51. The summed E-state index contributed by atoms with van der Waals surface area (Å²) in [6.45, 7) is 7.67. The Morgan fingerprint density at radius 1 is 1.09 bits per heavy atom. The predicted octanol–water partition coefficient (Wildman–Crippen LogP) is 2.85. The summed E-state index contributed by atoms with van der Waals surface area (Å²) in [7, 11) is 0. The van der Waals surface area contributed by atoms with E-state index in [0.29, 0.717) is 49.1 Å². The number of amides is 3. The number of nitrogens with zero attached hydrogens (tertiary/aromatic N) is 4. The number of rotatable bonds is 6. The first-order valence-corrected chi connectivity index (χ1v) is 12.2. The second-order valence-electron chi connectivity index (χ2n) is 9.87. The molecule has 3 amide bonds. The van der Waals surface area contributed by atoms with Gasteiger partial charge in [0.1, 0.15) is 5.66 Å². The van der Waals surface area contributed by atoms with Gasteiger partial charge < -0.3 is 14.7 Å². The molecule has 1 saturated carbocycles. The monoisotopic (exact) mass is 438 g/mol. The van der Waals surface area contributed by atoms with Crippen molar-refractivity contribution >= 4 is 23.4 Å². The van der Waals surface area contributed by atoms with E-state index in [1.54, 1.807) is 15.9 Å². The van der Waals surface area contributed by atoms with Crippen molar-refractivity contribution in [3.8, 4) is 0 Å². The van der Waals surface area contributed by atoms with Gasteiger partial charge in [0.15, 0.2) is 0 Å². The first kappa shape index (κ1) is 21.4. The molecule has 1 aromatic carbocycles. The molecule has 3 fully saturated rings. The molecule has 1 aliphatic carbocycles. The van der Waals surface area contributed by atoms with Crippen LogP contribution in [0.4, 0.5) is 5.69 Å². The maximum absolute atomic E-state index is 13.4. The Morgan fingerprint density at radius 3 is 2.47 bits per heavy atom. The van der Waals surface area contributed by atoms with Gasteiger partial charge in [-0.15, -0.1) is 0 Å². The van der Waals surface area contributed by atoms with Gasteiger partial charge in [-0.1, -0.05) is 19.1 Å². The minimum absolute atomic E-state index is 0.0473. The van der Waals surface area contributed by atoms with Crippen molar-refractivity contribution in [2.45, 2.75) is 76.5 Å². The molecule has 0 bridgehead atoms. The number of hydrogen-bond donors (Lipinski definition) is 0. The molecule has 3 heterocycles. The lowest BCUT2D eigenvalue weighted by atomic mass is 9.97. The first-order chi connectivity index (χ1) is 15.4. The number of likely N-dealkylation sites (tertiary alicyclic amines) is 1. The summed E-state index contributed by atoms with van der Waals surface area (Å²) in [6, 6.07) is 8.04. The van der Waals surface area contributed by atoms with Crippen LogP contribution in [0.1, 0.15) is 69.2 Å². The standard InChI is InChI=1S/C25H34N4O3/c1-3-26-15-11-19(12-16-26)28(18-8-9-18)22(30)13-17-27-24(32)20-6-4-5-7-21(20)29-23(31)10-14-25(27,29)2/h4-7,18-19H,3,8-17H2,1-2H3. The summed E-state index contributed by atoms with van der Waals surface area (Å²) in [5.41, 5.74) is 0.561. The maximum atomic E-state index is 13.4. The van der Waals surface area contributed by atoms with Gasteiger partial charge in [0, 0.05) is 44.6 Å². The Balaban J connectivity index is 1.33. The molecule has 2 saturated heterocycles. The summed E-state index contributed by atoms with van der Waals surface area (Å²) < 4.78 is 0. The summed E-state index contributed by atoms with van der Waals surface area (Å²) in [6.07, 6.45) is 5.59.